The highest BCUT2D eigenvalue weighted by Gasteiger charge is 1.91. The Morgan fingerprint density at radius 2 is 0.933 bits per heavy atom. The lowest BCUT2D eigenvalue weighted by atomic mass is 10.1. The monoisotopic (exact) mass is 347 g/mol. The van der Waals surface area contributed by atoms with Gasteiger partial charge in [0.05, 0.1) is 0 Å². The van der Waals surface area contributed by atoms with Crippen LogP contribution in [0.4, 0.5) is 0 Å². The number of rotatable bonds is 11. The number of hydrogen-bond acceptors (Lipinski definition) is 1. The molecule has 0 aliphatic rings. The van der Waals surface area contributed by atoms with Gasteiger partial charge in [0.15, 0.2) is 0 Å². The Hall–Kier alpha value is 0.980. The van der Waals surface area contributed by atoms with Crippen molar-refractivity contribution in [2.75, 3.05) is 11.0 Å². The van der Waals surface area contributed by atoms with E-state index in [1.165, 1.54) is 68.6 Å². The third-order valence-electron chi connectivity index (χ3n) is 2.59. The summed E-state index contributed by atoms with van der Waals surface area (Å²) in [5.41, 5.74) is 5.44. The molecule has 0 rings (SSSR count). The minimum absolute atomic E-state index is 0. The molecule has 2 N–H and O–H groups in total. The third kappa shape index (κ3) is 17.6. The molecule has 0 unspecified atom stereocenters. The fraction of sp³-hybridized carbons (Fsp3) is 1.00. The van der Waals surface area contributed by atoms with Crippen molar-refractivity contribution in [2.24, 2.45) is 5.73 Å². The minimum Gasteiger partial charge on any atom is -0.330 e. The number of hydrogen-bond donors (Lipinski definition) is 1. The van der Waals surface area contributed by atoms with Crippen LogP contribution < -0.4 is 5.73 Å². The van der Waals surface area contributed by atoms with E-state index < -0.39 is 0 Å². The highest BCUT2D eigenvalue weighted by molar-refractivity contribution is 14.1. The first kappa shape index (κ1) is 18.3. The van der Waals surface area contributed by atoms with Gasteiger partial charge in [0.1, 0.15) is 0 Å². The Labute approximate surface area is 116 Å². The van der Waals surface area contributed by atoms with Crippen molar-refractivity contribution >= 4 is 35.0 Å². The topological polar surface area (TPSA) is 26.0 Å². The molecule has 0 spiro atoms. The second-order valence-electron chi connectivity index (χ2n) is 4.01. The van der Waals surface area contributed by atoms with Crippen molar-refractivity contribution in [3.8, 4) is 0 Å². The van der Waals surface area contributed by atoms with Crippen molar-refractivity contribution in [2.45, 2.75) is 64.2 Å². The summed E-state index contributed by atoms with van der Waals surface area (Å²) in [5, 5.41) is 0. The fourth-order valence-corrected chi connectivity index (χ4v) is 2.19. The second-order valence-corrected chi connectivity index (χ2v) is 5.09. The Morgan fingerprint density at radius 3 is 1.27 bits per heavy atom. The van der Waals surface area contributed by atoms with Crippen LogP contribution in [0.3, 0.4) is 0 Å². The molecule has 0 aromatic rings. The average molecular weight is 348 g/mol. The molecule has 15 heavy (non-hydrogen) atoms. The first-order valence-electron chi connectivity index (χ1n) is 6.18. The van der Waals surface area contributed by atoms with Gasteiger partial charge in [-0.15, -0.1) is 12.4 Å². The van der Waals surface area contributed by atoms with Crippen molar-refractivity contribution in [1.82, 2.24) is 0 Å². The summed E-state index contributed by atoms with van der Waals surface area (Å²) in [6, 6.07) is 0. The number of halogens is 2. The summed E-state index contributed by atoms with van der Waals surface area (Å²) in [4.78, 5) is 0. The van der Waals surface area contributed by atoms with Gasteiger partial charge in [-0.3, -0.25) is 0 Å². The van der Waals surface area contributed by atoms with E-state index in [9.17, 15) is 0 Å². The Morgan fingerprint density at radius 1 is 0.600 bits per heavy atom. The summed E-state index contributed by atoms with van der Waals surface area (Å²) >= 11 is 2.46. The predicted octanol–water partition coefficient (Wildman–Crippen LogP) is 4.70. The first-order valence-corrected chi connectivity index (χ1v) is 7.70. The smallest absolute Gasteiger partial charge is 0.000473 e. The molecule has 94 valence electrons. The summed E-state index contributed by atoms with van der Waals surface area (Å²) in [6.45, 7) is 0.871. The van der Waals surface area contributed by atoms with Gasteiger partial charge in [-0.1, -0.05) is 74.0 Å². The molecule has 0 saturated heterocycles. The van der Waals surface area contributed by atoms with Crippen LogP contribution >= 0.6 is 35.0 Å². The molecule has 0 atom stereocenters. The molecule has 0 aromatic carbocycles. The van der Waals surface area contributed by atoms with E-state index in [1.807, 2.05) is 0 Å². The van der Waals surface area contributed by atoms with Crippen LogP contribution in [0.15, 0.2) is 0 Å². The van der Waals surface area contributed by atoms with Gasteiger partial charge in [-0.05, 0) is 23.8 Å². The minimum atomic E-state index is 0. The molecular formula is C12H27ClIN. The van der Waals surface area contributed by atoms with Crippen LogP contribution in [-0.4, -0.2) is 11.0 Å². The van der Waals surface area contributed by atoms with E-state index >= 15 is 0 Å². The number of unbranched alkanes of at least 4 members (excludes halogenated alkanes) is 9. The maximum Gasteiger partial charge on any atom is -0.000473 e. The third-order valence-corrected chi connectivity index (χ3v) is 3.35. The van der Waals surface area contributed by atoms with Crippen LogP contribution in [-0.2, 0) is 0 Å². The zero-order valence-electron chi connectivity index (χ0n) is 9.85. The summed E-state index contributed by atoms with van der Waals surface area (Å²) < 4.78 is 1.33. The first-order chi connectivity index (χ1) is 6.91. The SMILES string of the molecule is Cl.NCCCCCCCCCCCCI. The van der Waals surface area contributed by atoms with Gasteiger partial charge < -0.3 is 5.73 Å². The molecule has 0 saturated carbocycles. The molecular weight excluding hydrogens is 320 g/mol. The van der Waals surface area contributed by atoms with Crippen molar-refractivity contribution in [3.05, 3.63) is 0 Å². The van der Waals surface area contributed by atoms with E-state index in [0.29, 0.717) is 0 Å². The van der Waals surface area contributed by atoms with Gasteiger partial charge in [0.25, 0.3) is 0 Å². The zero-order chi connectivity index (χ0) is 10.5. The molecule has 0 amide bonds. The lowest BCUT2D eigenvalue weighted by molar-refractivity contribution is 0.559. The number of nitrogens with two attached hydrogens (primary N) is 1. The van der Waals surface area contributed by atoms with Crippen LogP contribution in [0.25, 0.3) is 0 Å². The van der Waals surface area contributed by atoms with E-state index in [1.54, 1.807) is 0 Å². The van der Waals surface area contributed by atoms with Crippen LogP contribution in [0, 0.1) is 0 Å². The van der Waals surface area contributed by atoms with Crippen LogP contribution in [0.1, 0.15) is 64.2 Å². The summed E-state index contributed by atoms with van der Waals surface area (Å²) in [7, 11) is 0. The molecule has 3 heteroatoms. The second kappa shape index (κ2) is 17.4. The fourth-order valence-electron chi connectivity index (χ4n) is 1.65. The average Bonchev–Trinajstić information content (AvgIpc) is 2.21. The maximum absolute atomic E-state index is 5.44. The molecule has 1 nitrogen and oxygen atoms in total. The molecule has 0 fully saturated rings. The highest BCUT2D eigenvalue weighted by atomic mass is 127. The van der Waals surface area contributed by atoms with Crippen molar-refractivity contribution in [1.29, 1.82) is 0 Å². The van der Waals surface area contributed by atoms with Gasteiger partial charge in [0.2, 0.25) is 0 Å². The highest BCUT2D eigenvalue weighted by Crippen LogP contribution is 2.10. The van der Waals surface area contributed by atoms with Gasteiger partial charge in [-0.2, -0.15) is 0 Å². The molecule has 0 aliphatic heterocycles. The Balaban J connectivity index is 0. The lowest BCUT2D eigenvalue weighted by Crippen LogP contribution is -1.97. The zero-order valence-corrected chi connectivity index (χ0v) is 12.8. The standard InChI is InChI=1S/C12H26IN.ClH/c13-11-9-7-5-3-1-2-4-6-8-10-12-14;/h1-12,14H2;1H. The molecule has 0 bridgehead atoms. The van der Waals surface area contributed by atoms with E-state index in [-0.39, 0.29) is 12.4 Å². The predicted molar refractivity (Wildman–Crippen MR) is 81.4 cm³/mol. The van der Waals surface area contributed by atoms with Crippen molar-refractivity contribution in [3.63, 3.8) is 0 Å². The van der Waals surface area contributed by atoms with Crippen LogP contribution in [0.2, 0.25) is 0 Å². The Bertz CT molecular complexity index is 89.6. The van der Waals surface area contributed by atoms with Gasteiger partial charge in [-0.25, -0.2) is 0 Å². The Kier molecular flexibility index (Phi) is 21.3. The van der Waals surface area contributed by atoms with E-state index in [4.69, 9.17) is 5.73 Å². The molecule has 0 aliphatic carbocycles. The normalized spacial score (nSPS) is 10.0. The number of alkyl halides is 1. The van der Waals surface area contributed by atoms with Gasteiger partial charge >= 0.3 is 0 Å². The molecule has 0 heterocycles. The molecule has 0 aromatic heterocycles. The quantitative estimate of drug-likeness (QED) is 0.327. The van der Waals surface area contributed by atoms with E-state index in [2.05, 4.69) is 22.6 Å². The van der Waals surface area contributed by atoms with Gasteiger partial charge in [0, 0.05) is 0 Å². The lowest BCUT2D eigenvalue weighted by Gasteiger charge is -2.01. The van der Waals surface area contributed by atoms with E-state index in [0.717, 1.165) is 6.54 Å². The summed E-state index contributed by atoms with van der Waals surface area (Å²) in [6.07, 6.45) is 14.0. The maximum atomic E-state index is 5.44. The van der Waals surface area contributed by atoms with Crippen molar-refractivity contribution < 1.29 is 0 Å². The molecule has 0 radical (unpaired) electrons. The van der Waals surface area contributed by atoms with Crippen LogP contribution in [0.5, 0.6) is 0 Å². The summed E-state index contributed by atoms with van der Waals surface area (Å²) in [5.74, 6) is 0. The largest absolute Gasteiger partial charge is 0.330 e.